The average molecular weight is 349 g/mol. The summed E-state index contributed by atoms with van der Waals surface area (Å²) in [5.41, 5.74) is 3.55. The SMILES string of the molecule is Nc1ncnc2c1ncn2[C@H]1OC[C@@](F)(CCP(=O)(O)O)[C@H]1F. The minimum Gasteiger partial charge on any atom is -0.382 e. The number of rotatable bonds is 4. The zero-order chi connectivity index (χ0) is 16.8. The fourth-order valence-corrected chi connectivity index (χ4v) is 3.13. The van der Waals surface area contributed by atoms with E-state index in [0.29, 0.717) is 0 Å². The second-order valence-corrected chi connectivity index (χ2v) is 7.14. The van der Waals surface area contributed by atoms with Gasteiger partial charge in [0.25, 0.3) is 0 Å². The largest absolute Gasteiger partial charge is 0.382 e. The maximum absolute atomic E-state index is 14.6. The summed E-state index contributed by atoms with van der Waals surface area (Å²) in [6, 6.07) is 0. The van der Waals surface area contributed by atoms with Crippen molar-refractivity contribution in [2.45, 2.75) is 24.5 Å². The average Bonchev–Trinajstić information content (AvgIpc) is 3.01. The summed E-state index contributed by atoms with van der Waals surface area (Å²) in [6.07, 6.45) is -2.53. The summed E-state index contributed by atoms with van der Waals surface area (Å²) in [5.74, 6) is 0.0927. The van der Waals surface area contributed by atoms with Crippen LogP contribution in [0.4, 0.5) is 14.6 Å². The van der Waals surface area contributed by atoms with E-state index < -0.39 is 44.9 Å². The Labute approximate surface area is 128 Å². The van der Waals surface area contributed by atoms with Gasteiger partial charge in [-0.2, -0.15) is 0 Å². The van der Waals surface area contributed by atoms with E-state index in [9.17, 15) is 13.3 Å². The fourth-order valence-electron chi connectivity index (χ4n) is 2.46. The highest BCUT2D eigenvalue weighted by Crippen LogP contribution is 2.45. The molecule has 4 N–H and O–H groups in total. The number of nitrogens with two attached hydrogens (primary N) is 1. The fraction of sp³-hybridized carbons (Fsp3) is 0.545. The lowest BCUT2D eigenvalue weighted by Crippen LogP contribution is -2.36. The third kappa shape index (κ3) is 2.92. The molecule has 0 amide bonds. The molecule has 0 aromatic carbocycles. The summed E-state index contributed by atoms with van der Waals surface area (Å²) < 4.78 is 46.4. The number of hydrogen-bond donors (Lipinski definition) is 3. The summed E-state index contributed by atoms with van der Waals surface area (Å²) >= 11 is 0. The first kappa shape index (κ1) is 16.2. The first-order valence-corrected chi connectivity index (χ1v) is 8.43. The van der Waals surface area contributed by atoms with Gasteiger partial charge in [0.1, 0.15) is 11.8 Å². The van der Waals surface area contributed by atoms with Crippen molar-refractivity contribution in [2.24, 2.45) is 0 Å². The van der Waals surface area contributed by atoms with Crippen molar-refractivity contribution >= 4 is 24.6 Å². The van der Waals surface area contributed by atoms with Crippen molar-refractivity contribution in [2.75, 3.05) is 18.5 Å². The number of nitrogen functional groups attached to an aromatic ring is 1. The van der Waals surface area contributed by atoms with Gasteiger partial charge in [0, 0.05) is 0 Å². The van der Waals surface area contributed by atoms with Crippen LogP contribution in [0.2, 0.25) is 0 Å². The predicted molar refractivity (Wildman–Crippen MR) is 75.0 cm³/mol. The van der Waals surface area contributed by atoms with Crippen molar-refractivity contribution < 1.29 is 27.9 Å². The van der Waals surface area contributed by atoms with Gasteiger partial charge in [0.2, 0.25) is 0 Å². The van der Waals surface area contributed by atoms with Crippen molar-refractivity contribution in [3.63, 3.8) is 0 Å². The third-order valence-corrected chi connectivity index (χ3v) is 4.52. The van der Waals surface area contributed by atoms with Crippen LogP contribution in [0.3, 0.4) is 0 Å². The molecule has 3 rings (SSSR count). The molecular weight excluding hydrogens is 335 g/mol. The van der Waals surface area contributed by atoms with Crippen LogP contribution in [0, 0.1) is 0 Å². The molecule has 0 spiro atoms. The molecule has 3 atom stereocenters. The van der Waals surface area contributed by atoms with E-state index in [1.165, 1.54) is 10.9 Å². The van der Waals surface area contributed by atoms with Crippen LogP contribution >= 0.6 is 7.60 Å². The maximum Gasteiger partial charge on any atom is 0.325 e. The predicted octanol–water partition coefficient (Wildman–Crippen LogP) is 0.551. The Morgan fingerprint density at radius 3 is 2.91 bits per heavy atom. The van der Waals surface area contributed by atoms with Gasteiger partial charge >= 0.3 is 7.60 Å². The third-order valence-electron chi connectivity index (χ3n) is 3.72. The molecule has 0 aliphatic carbocycles. The van der Waals surface area contributed by atoms with Crippen LogP contribution in [-0.2, 0) is 9.30 Å². The van der Waals surface area contributed by atoms with Crippen molar-refractivity contribution in [1.29, 1.82) is 0 Å². The molecule has 12 heteroatoms. The number of aromatic nitrogens is 4. The van der Waals surface area contributed by atoms with E-state index in [0.717, 1.165) is 6.33 Å². The molecule has 23 heavy (non-hydrogen) atoms. The van der Waals surface area contributed by atoms with E-state index in [-0.39, 0.29) is 17.0 Å². The summed E-state index contributed by atoms with van der Waals surface area (Å²) in [7, 11) is -4.43. The van der Waals surface area contributed by atoms with Crippen LogP contribution in [0.1, 0.15) is 12.6 Å². The zero-order valence-electron chi connectivity index (χ0n) is 11.7. The topological polar surface area (TPSA) is 136 Å². The molecule has 0 unspecified atom stereocenters. The molecule has 9 nitrogen and oxygen atoms in total. The molecule has 0 saturated carbocycles. The van der Waals surface area contributed by atoms with Crippen LogP contribution in [0.15, 0.2) is 12.7 Å². The van der Waals surface area contributed by atoms with E-state index in [1.807, 2.05) is 0 Å². The molecule has 1 aliphatic rings. The van der Waals surface area contributed by atoms with E-state index in [4.69, 9.17) is 20.3 Å². The number of ether oxygens (including phenoxy) is 1. The Morgan fingerprint density at radius 2 is 2.22 bits per heavy atom. The number of halogens is 2. The number of imidazole rings is 1. The van der Waals surface area contributed by atoms with E-state index in [1.54, 1.807) is 0 Å². The van der Waals surface area contributed by atoms with Gasteiger partial charge in [-0.05, 0) is 6.42 Å². The lowest BCUT2D eigenvalue weighted by atomic mass is 9.99. The highest BCUT2D eigenvalue weighted by Gasteiger charge is 2.53. The van der Waals surface area contributed by atoms with Crippen LogP contribution < -0.4 is 5.73 Å². The number of fused-ring (bicyclic) bond motifs is 1. The van der Waals surface area contributed by atoms with Gasteiger partial charge in [0.15, 0.2) is 29.5 Å². The van der Waals surface area contributed by atoms with Gasteiger partial charge < -0.3 is 20.3 Å². The first-order chi connectivity index (χ1) is 10.7. The van der Waals surface area contributed by atoms with Crippen LogP contribution in [-0.4, -0.2) is 53.9 Å². The molecule has 0 bridgehead atoms. The quantitative estimate of drug-likeness (QED) is 0.681. The number of alkyl halides is 2. The Kier molecular flexibility index (Phi) is 3.83. The number of nitrogens with zero attached hydrogens (tertiary/aromatic N) is 4. The molecule has 2 aromatic heterocycles. The van der Waals surface area contributed by atoms with E-state index >= 15 is 0 Å². The maximum atomic E-state index is 14.6. The highest BCUT2D eigenvalue weighted by molar-refractivity contribution is 7.51. The summed E-state index contributed by atoms with van der Waals surface area (Å²) in [6.45, 7) is -0.626. The number of anilines is 1. The zero-order valence-corrected chi connectivity index (χ0v) is 12.6. The molecular formula is C11H14F2N5O4P. The molecule has 0 radical (unpaired) electrons. The monoisotopic (exact) mass is 349 g/mol. The normalized spacial score (nSPS) is 28.5. The Morgan fingerprint density at radius 1 is 1.48 bits per heavy atom. The Balaban J connectivity index is 1.87. The Hall–Kier alpha value is -1.68. The molecule has 2 aromatic rings. The minimum absolute atomic E-state index is 0.0927. The smallest absolute Gasteiger partial charge is 0.325 e. The standard InChI is InChI=1S/C11H14F2N5O4P/c12-7-10(22-3-11(7,13)1-2-23(19,20)21)18-5-17-6-8(14)15-4-16-9(6)18/h4-5,7,10H,1-3H2,(H2,14,15,16)(H2,19,20,21)/t7-,10-,11-/m0/s1. The van der Waals surface area contributed by atoms with Gasteiger partial charge in [-0.1, -0.05) is 0 Å². The minimum atomic E-state index is -4.43. The van der Waals surface area contributed by atoms with Gasteiger partial charge in [-0.15, -0.1) is 0 Å². The summed E-state index contributed by atoms with van der Waals surface area (Å²) in [4.78, 5) is 29.3. The number of hydrogen-bond acceptors (Lipinski definition) is 6. The van der Waals surface area contributed by atoms with Crippen LogP contribution in [0.25, 0.3) is 11.2 Å². The highest BCUT2D eigenvalue weighted by atomic mass is 31.2. The van der Waals surface area contributed by atoms with Crippen molar-refractivity contribution in [3.8, 4) is 0 Å². The molecule has 1 aliphatic heterocycles. The summed E-state index contributed by atoms with van der Waals surface area (Å²) in [5, 5.41) is 0. The lowest BCUT2D eigenvalue weighted by molar-refractivity contribution is 0.0231. The molecule has 126 valence electrons. The second-order valence-electron chi connectivity index (χ2n) is 5.36. The van der Waals surface area contributed by atoms with Gasteiger partial charge in [-0.25, -0.2) is 23.7 Å². The first-order valence-electron chi connectivity index (χ1n) is 6.63. The molecule has 1 fully saturated rings. The molecule has 1 saturated heterocycles. The van der Waals surface area contributed by atoms with Crippen LogP contribution in [0.5, 0.6) is 0 Å². The Bertz CT molecular complexity index is 783. The van der Waals surface area contributed by atoms with Gasteiger partial charge in [-0.3, -0.25) is 9.13 Å². The lowest BCUT2D eigenvalue weighted by Gasteiger charge is -2.22. The van der Waals surface area contributed by atoms with Crippen molar-refractivity contribution in [1.82, 2.24) is 19.5 Å². The van der Waals surface area contributed by atoms with E-state index in [2.05, 4.69) is 15.0 Å². The second kappa shape index (κ2) is 5.45. The van der Waals surface area contributed by atoms with Crippen molar-refractivity contribution in [3.05, 3.63) is 12.7 Å². The molecule has 3 heterocycles. The van der Waals surface area contributed by atoms with Gasteiger partial charge in [0.05, 0.1) is 19.1 Å².